The normalized spacial score (nSPS) is 15.0. The molecule has 0 amide bonds. The van der Waals surface area contributed by atoms with E-state index in [1.807, 2.05) is 12.1 Å². The number of aliphatic hydroxyl groups is 1. The van der Waals surface area contributed by atoms with Crippen LogP contribution in [0.25, 0.3) is 22.6 Å². The van der Waals surface area contributed by atoms with Crippen LogP contribution in [0.4, 0.5) is 8.78 Å². The average Bonchev–Trinajstić information content (AvgIpc) is 3.54. The Balaban J connectivity index is 1.23. The molecule has 212 valence electrons. The van der Waals surface area contributed by atoms with Gasteiger partial charge in [-0.05, 0) is 44.2 Å². The van der Waals surface area contributed by atoms with Gasteiger partial charge in [0.25, 0.3) is 6.43 Å². The molecular formula is C28H28F2N8O3. The topological polar surface area (TPSA) is 116 Å². The molecule has 6 heterocycles. The molecule has 1 aliphatic heterocycles. The molecule has 0 aliphatic carbocycles. The first kappa shape index (κ1) is 26.9. The maximum absolute atomic E-state index is 13.3. The van der Waals surface area contributed by atoms with Gasteiger partial charge in [-0.15, -0.1) is 5.10 Å². The highest BCUT2D eigenvalue weighted by Gasteiger charge is 2.26. The fraction of sp³-hybridized carbons (Fsp3) is 0.321. The fourth-order valence-electron chi connectivity index (χ4n) is 4.78. The van der Waals surface area contributed by atoms with E-state index in [-0.39, 0.29) is 17.6 Å². The number of ether oxygens (including phenoxy) is 2. The predicted octanol–water partition coefficient (Wildman–Crippen LogP) is 4.29. The summed E-state index contributed by atoms with van der Waals surface area (Å²) in [4.78, 5) is 6.94. The van der Waals surface area contributed by atoms with Gasteiger partial charge in [0.05, 0.1) is 41.5 Å². The summed E-state index contributed by atoms with van der Waals surface area (Å²) in [5, 5.41) is 27.3. The molecule has 1 saturated heterocycles. The van der Waals surface area contributed by atoms with Crippen molar-refractivity contribution in [1.29, 1.82) is 0 Å². The number of halogens is 2. The first-order valence-electron chi connectivity index (χ1n) is 13.1. The van der Waals surface area contributed by atoms with E-state index in [9.17, 15) is 13.9 Å². The standard InChI is InChI=1S/C28H28F2N8O3/c1-16-10-24(27(29)30)35-38(16)28-21(17(2)39)6-7-23(32-28)22-11-31-37-15-19(5-8-25(22)37)41-26-9-4-18(33-34-26)12-36-13-20(14-36)40-3/h4-11,15,17,20,27,39H,12-14H2,1-3H3. The molecule has 5 aromatic heterocycles. The number of fused-ring (bicyclic) bond motifs is 1. The minimum Gasteiger partial charge on any atom is -0.436 e. The van der Waals surface area contributed by atoms with E-state index < -0.39 is 12.5 Å². The van der Waals surface area contributed by atoms with E-state index in [0.29, 0.717) is 40.7 Å². The summed E-state index contributed by atoms with van der Waals surface area (Å²) in [5.74, 6) is 1.15. The zero-order valence-corrected chi connectivity index (χ0v) is 22.6. The highest BCUT2D eigenvalue weighted by Crippen LogP contribution is 2.30. The lowest BCUT2D eigenvalue weighted by Crippen LogP contribution is -2.51. The van der Waals surface area contributed by atoms with Gasteiger partial charge in [0.15, 0.2) is 5.82 Å². The van der Waals surface area contributed by atoms with E-state index in [2.05, 4.69) is 25.3 Å². The molecule has 41 heavy (non-hydrogen) atoms. The lowest BCUT2D eigenvalue weighted by atomic mass is 10.1. The highest BCUT2D eigenvalue weighted by atomic mass is 19.3. The van der Waals surface area contributed by atoms with Gasteiger partial charge in [-0.25, -0.2) is 23.0 Å². The van der Waals surface area contributed by atoms with Gasteiger partial charge >= 0.3 is 0 Å². The molecule has 1 atom stereocenters. The van der Waals surface area contributed by atoms with Crippen molar-refractivity contribution >= 4 is 5.52 Å². The van der Waals surface area contributed by atoms with Crippen LogP contribution >= 0.6 is 0 Å². The molecule has 11 nitrogen and oxygen atoms in total. The SMILES string of the molecule is COC1CN(Cc2ccc(Oc3ccc4c(-c5ccc(C(C)O)c(-n6nc(C(F)F)cc6C)n5)cnn4c3)nn2)C1. The van der Waals surface area contributed by atoms with Gasteiger partial charge in [0.1, 0.15) is 11.4 Å². The minimum atomic E-state index is -2.72. The maximum atomic E-state index is 13.3. The van der Waals surface area contributed by atoms with Gasteiger partial charge in [0.2, 0.25) is 5.88 Å². The maximum Gasteiger partial charge on any atom is 0.282 e. The quantitative estimate of drug-likeness (QED) is 0.281. The van der Waals surface area contributed by atoms with Gasteiger partial charge < -0.3 is 14.6 Å². The van der Waals surface area contributed by atoms with Crippen molar-refractivity contribution in [1.82, 2.24) is 39.5 Å². The number of rotatable bonds is 9. The first-order chi connectivity index (χ1) is 19.8. The summed E-state index contributed by atoms with van der Waals surface area (Å²) in [6.45, 7) is 5.72. The second kappa shape index (κ2) is 10.9. The summed E-state index contributed by atoms with van der Waals surface area (Å²) in [6.07, 6.45) is 0.0577. The smallest absolute Gasteiger partial charge is 0.282 e. The Morgan fingerprint density at radius 1 is 1.10 bits per heavy atom. The Hall–Kier alpha value is -4.33. The van der Waals surface area contributed by atoms with Gasteiger partial charge in [-0.2, -0.15) is 15.3 Å². The van der Waals surface area contributed by atoms with Gasteiger partial charge in [0, 0.05) is 49.6 Å². The van der Waals surface area contributed by atoms with Gasteiger partial charge in [-0.1, -0.05) is 6.07 Å². The van der Waals surface area contributed by atoms with Crippen molar-refractivity contribution in [3.63, 3.8) is 0 Å². The number of aliphatic hydroxyl groups excluding tert-OH is 1. The molecule has 0 saturated carbocycles. The molecule has 6 rings (SSSR count). The third-order valence-corrected chi connectivity index (χ3v) is 7.01. The number of hydrogen-bond donors (Lipinski definition) is 1. The van der Waals surface area contributed by atoms with Crippen LogP contribution in [0.3, 0.4) is 0 Å². The Kier molecular flexibility index (Phi) is 7.15. The Labute approximate surface area is 234 Å². The van der Waals surface area contributed by atoms with Crippen molar-refractivity contribution in [2.24, 2.45) is 0 Å². The van der Waals surface area contributed by atoms with Crippen LogP contribution in [-0.2, 0) is 11.3 Å². The lowest BCUT2D eigenvalue weighted by Gasteiger charge is -2.37. The Morgan fingerprint density at radius 3 is 2.61 bits per heavy atom. The van der Waals surface area contributed by atoms with Crippen LogP contribution < -0.4 is 4.74 Å². The number of aromatic nitrogens is 7. The van der Waals surface area contributed by atoms with Crippen LogP contribution in [0.1, 0.15) is 42.1 Å². The summed E-state index contributed by atoms with van der Waals surface area (Å²) in [7, 11) is 1.72. The third kappa shape index (κ3) is 5.38. The minimum absolute atomic E-state index is 0.274. The van der Waals surface area contributed by atoms with E-state index in [4.69, 9.17) is 14.5 Å². The zero-order valence-electron chi connectivity index (χ0n) is 22.6. The molecule has 1 aliphatic rings. The molecule has 0 bridgehead atoms. The predicted molar refractivity (Wildman–Crippen MR) is 144 cm³/mol. The van der Waals surface area contributed by atoms with Crippen LogP contribution in [0.2, 0.25) is 0 Å². The monoisotopic (exact) mass is 562 g/mol. The van der Waals surface area contributed by atoms with E-state index in [0.717, 1.165) is 24.3 Å². The molecule has 0 spiro atoms. The number of aryl methyl sites for hydroxylation is 1. The van der Waals surface area contributed by atoms with E-state index in [1.54, 1.807) is 62.1 Å². The van der Waals surface area contributed by atoms with Crippen molar-refractivity contribution in [2.45, 2.75) is 39.0 Å². The van der Waals surface area contributed by atoms with Crippen LogP contribution in [0.5, 0.6) is 11.6 Å². The zero-order chi connectivity index (χ0) is 28.7. The Morgan fingerprint density at radius 2 is 1.93 bits per heavy atom. The van der Waals surface area contributed by atoms with E-state index in [1.165, 1.54) is 10.7 Å². The van der Waals surface area contributed by atoms with Crippen molar-refractivity contribution in [3.8, 4) is 28.7 Å². The molecule has 0 radical (unpaired) electrons. The fourth-order valence-corrected chi connectivity index (χ4v) is 4.78. The van der Waals surface area contributed by atoms with Crippen LogP contribution in [0.15, 0.2) is 54.9 Å². The number of hydrogen-bond acceptors (Lipinski definition) is 9. The van der Waals surface area contributed by atoms with Crippen molar-refractivity contribution in [2.75, 3.05) is 20.2 Å². The molecule has 0 aromatic carbocycles. The number of alkyl halides is 2. The van der Waals surface area contributed by atoms with Crippen LogP contribution in [0, 0.1) is 6.92 Å². The summed E-state index contributed by atoms with van der Waals surface area (Å²) >= 11 is 0. The second-order valence-corrected chi connectivity index (χ2v) is 9.98. The van der Waals surface area contributed by atoms with E-state index >= 15 is 0 Å². The third-order valence-electron chi connectivity index (χ3n) is 7.01. The van der Waals surface area contributed by atoms with Crippen LogP contribution in [-0.4, -0.2) is 70.9 Å². The number of methoxy groups -OCH3 is 1. The van der Waals surface area contributed by atoms with Gasteiger partial charge in [-0.3, -0.25) is 4.90 Å². The summed E-state index contributed by atoms with van der Waals surface area (Å²) < 4.78 is 40.8. The highest BCUT2D eigenvalue weighted by molar-refractivity contribution is 5.78. The molecular weight excluding hydrogens is 534 g/mol. The lowest BCUT2D eigenvalue weighted by molar-refractivity contribution is -0.0340. The average molecular weight is 563 g/mol. The molecule has 1 N–H and O–H groups in total. The number of pyridine rings is 2. The first-order valence-corrected chi connectivity index (χ1v) is 13.1. The Bertz CT molecular complexity index is 1680. The molecule has 13 heteroatoms. The molecule has 1 fully saturated rings. The summed E-state index contributed by atoms with van der Waals surface area (Å²) in [6, 6.07) is 12.1. The van der Waals surface area contributed by atoms with Crippen molar-refractivity contribution < 1.29 is 23.4 Å². The molecule has 5 aromatic rings. The van der Waals surface area contributed by atoms with Crippen molar-refractivity contribution in [3.05, 3.63) is 77.5 Å². The number of likely N-dealkylation sites (tertiary alicyclic amines) is 1. The second-order valence-electron chi connectivity index (χ2n) is 9.98. The largest absolute Gasteiger partial charge is 0.436 e. The number of nitrogens with zero attached hydrogens (tertiary/aromatic N) is 8. The summed E-state index contributed by atoms with van der Waals surface area (Å²) in [5.41, 5.74) is 3.43. The molecule has 1 unspecified atom stereocenters.